The lowest BCUT2D eigenvalue weighted by Gasteiger charge is -2.19. The van der Waals surface area contributed by atoms with Crippen LogP contribution in [0.15, 0.2) is 35.6 Å². The molecule has 0 saturated carbocycles. The van der Waals surface area contributed by atoms with Gasteiger partial charge in [0.2, 0.25) is 11.1 Å². The Morgan fingerprint density at radius 2 is 2.18 bits per heavy atom. The molecule has 4 rings (SSSR count). The van der Waals surface area contributed by atoms with Crippen LogP contribution < -0.4 is 0 Å². The van der Waals surface area contributed by atoms with Gasteiger partial charge in [0.25, 0.3) is 0 Å². The van der Waals surface area contributed by atoms with Crippen molar-refractivity contribution in [2.75, 3.05) is 0 Å². The third-order valence-electron chi connectivity index (χ3n) is 4.65. The normalized spacial score (nSPS) is 14.2. The van der Waals surface area contributed by atoms with E-state index in [0.717, 1.165) is 34.8 Å². The molecule has 0 fully saturated rings. The summed E-state index contributed by atoms with van der Waals surface area (Å²) in [6, 6.07) is 7.93. The van der Waals surface area contributed by atoms with Gasteiger partial charge in [0.05, 0.1) is 23.2 Å². The second-order valence-electron chi connectivity index (χ2n) is 6.78. The summed E-state index contributed by atoms with van der Waals surface area (Å²) in [5.41, 5.74) is 3.97. The molecule has 28 heavy (non-hydrogen) atoms. The maximum absolute atomic E-state index is 13.0. The first kappa shape index (κ1) is 18.5. The molecule has 1 aliphatic rings. The number of hydrogen-bond acceptors (Lipinski definition) is 7. The third kappa shape index (κ3) is 3.62. The van der Waals surface area contributed by atoms with E-state index in [9.17, 15) is 4.79 Å². The van der Waals surface area contributed by atoms with Crippen molar-refractivity contribution in [2.24, 2.45) is 0 Å². The molecule has 1 atom stereocenters. The zero-order valence-corrected chi connectivity index (χ0v) is 16.8. The molecule has 0 radical (unpaired) electrons. The van der Waals surface area contributed by atoms with Crippen molar-refractivity contribution in [3.05, 3.63) is 53.1 Å². The number of tetrazole rings is 1. The number of fused-ring (bicyclic) bond motifs is 1. The smallest absolute Gasteiger partial charge is 0.236 e. The average molecular weight is 395 g/mol. The van der Waals surface area contributed by atoms with Crippen LogP contribution in [0, 0.1) is 6.92 Å². The number of thioether (sulfide) groups is 1. The summed E-state index contributed by atoms with van der Waals surface area (Å²) in [6.45, 7) is 7.00. The first-order valence-electron chi connectivity index (χ1n) is 9.19. The maximum atomic E-state index is 13.0. The van der Waals surface area contributed by atoms with Gasteiger partial charge in [-0.15, -0.1) is 5.10 Å². The summed E-state index contributed by atoms with van der Waals surface area (Å²) < 4.78 is 1.67. The zero-order valence-electron chi connectivity index (χ0n) is 16.0. The van der Waals surface area contributed by atoms with Crippen LogP contribution in [-0.2, 0) is 24.3 Å². The molecular weight excluding hydrogens is 374 g/mol. The summed E-state index contributed by atoms with van der Waals surface area (Å²) in [6.07, 6.45) is 2.62. The summed E-state index contributed by atoms with van der Waals surface area (Å²) in [5, 5.41) is 12.3. The van der Waals surface area contributed by atoms with Gasteiger partial charge in [0, 0.05) is 24.7 Å². The fraction of sp³-hybridized carbons (Fsp3) is 0.368. The molecule has 8 nitrogen and oxygen atoms in total. The van der Waals surface area contributed by atoms with E-state index in [2.05, 4.69) is 25.5 Å². The minimum Gasteiger partial charge on any atom is -0.331 e. The number of aryl methyl sites for hydroxylation is 2. The fourth-order valence-corrected chi connectivity index (χ4v) is 4.05. The predicted molar refractivity (Wildman–Crippen MR) is 105 cm³/mol. The van der Waals surface area contributed by atoms with E-state index < -0.39 is 0 Å². The quantitative estimate of drug-likeness (QED) is 0.613. The van der Waals surface area contributed by atoms with Gasteiger partial charge in [-0.2, -0.15) is 4.68 Å². The number of aromatic nitrogens is 6. The molecule has 0 N–H and O–H groups in total. The number of hydrogen-bond donors (Lipinski definition) is 0. The second-order valence-corrected chi connectivity index (χ2v) is 8.09. The highest BCUT2D eigenvalue weighted by molar-refractivity contribution is 8.00. The number of nitrogens with zero attached hydrogens (tertiary/aromatic N) is 7. The molecule has 0 aliphatic carbocycles. The van der Waals surface area contributed by atoms with Crippen LogP contribution in [0.25, 0.3) is 5.69 Å². The van der Waals surface area contributed by atoms with E-state index in [1.807, 2.05) is 56.1 Å². The Morgan fingerprint density at radius 1 is 1.32 bits per heavy atom. The highest BCUT2D eigenvalue weighted by Crippen LogP contribution is 2.28. The number of carbonyl (C=O) groups excluding carboxylic acids is 1. The molecule has 9 heteroatoms. The Balaban J connectivity index is 1.47. The van der Waals surface area contributed by atoms with Gasteiger partial charge >= 0.3 is 0 Å². The zero-order chi connectivity index (χ0) is 19.7. The lowest BCUT2D eigenvalue weighted by atomic mass is 10.2. The molecule has 1 aliphatic heterocycles. The fourth-order valence-electron chi connectivity index (χ4n) is 3.16. The van der Waals surface area contributed by atoms with Crippen LogP contribution in [-0.4, -0.2) is 46.2 Å². The molecule has 0 unspecified atom stereocenters. The van der Waals surface area contributed by atoms with Crippen molar-refractivity contribution in [3.8, 4) is 5.69 Å². The van der Waals surface area contributed by atoms with Gasteiger partial charge in [-0.25, -0.2) is 9.97 Å². The lowest BCUT2D eigenvalue weighted by molar-refractivity contribution is -0.130. The van der Waals surface area contributed by atoms with E-state index in [4.69, 9.17) is 0 Å². The van der Waals surface area contributed by atoms with Crippen molar-refractivity contribution in [1.82, 2.24) is 35.1 Å². The molecular formula is C19H21N7OS. The second kappa shape index (κ2) is 7.67. The van der Waals surface area contributed by atoms with Crippen LogP contribution in [0.5, 0.6) is 0 Å². The number of carbonyl (C=O) groups is 1. The van der Waals surface area contributed by atoms with Crippen molar-refractivity contribution in [2.45, 2.75) is 50.7 Å². The molecule has 144 valence electrons. The molecule has 1 amide bonds. The molecule has 3 heterocycles. The SMILES string of the molecule is CCc1ncc2c(n1)CN(C(=O)[C@H](C)Sc1nnnn1-c1cccc(C)c1)C2. The number of amides is 1. The minimum atomic E-state index is -0.317. The van der Waals surface area contributed by atoms with Gasteiger partial charge in [0.15, 0.2) is 0 Å². The van der Waals surface area contributed by atoms with Gasteiger partial charge in [-0.3, -0.25) is 4.79 Å². The average Bonchev–Trinajstić information content (AvgIpc) is 3.33. The molecule has 0 spiro atoms. The topological polar surface area (TPSA) is 89.7 Å². The van der Waals surface area contributed by atoms with E-state index in [1.54, 1.807) is 4.68 Å². The highest BCUT2D eigenvalue weighted by atomic mass is 32.2. The highest BCUT2D eigenvalue weighted by Gasteiger charge is 2.29. The minimum absolute atomic E-state index is 0.0415. The first-order valence-corrected chi connectivity index (χ1v) is 10.1. The van der Waals surface area contributed by atoms with Crippen LogP contribution >= 0.6 is 11.8 Å². The molecule has 2 aromatic heterocycles. The molecule has 3 aromatic rings. The van der Waals surface area contributed by atoms with Crippen LogP contribution in [0.3, 0.4) is 0 Å². The summed E-state index contributed by atoms with van der Waals surface area (Å²) >= 11 is 1.36. The van der Waals surface area contributed by atoms with E-state index in [0.29, 0.717) is 18.2 Å². The number of benzene rings is 1. The molecule has 1 aromatic carbocycles. The molecule has 0 saturated heterocycles. The monoisotopic (exact) mass is 395 g/mol. The Kier molecular flexibility index (Phi) is 5.08. The Bertz CT molecular complexity index is 1020. The van der Waals surface area contributed by atoms with Crippen molar-refractivity contribution in [3.63, 3.8) is 0 Å². The van der Waals surface area contributed by atoms with Gasteiger partial charge in [-0.05, 0) is 42.0 Å². The Hall–Kier alpha value is -2.81. The standard InChI is InChI=1S/C19H21N7OS/c1-4-17-20-9-14-10-25(11-16(14)21-17)18(27)13(3)28-19-22-23-24-26(19)15-7-5-6-12(2)8-15/h5-9,13H,4,10-11H2,1-3H3/t13-/m0/s1. The van der Waals surface area contributed by atoms with Crippen molar-refractivity contribution >= 4 is 17.7 Å². The van der Waals surface area contributed by atoms with E-state index >= 15 is 0 Å². The maximum Gasteiger partial charge on any atom is 0.236 e. The lowest BCUT2D eigenvalue weighted by Crippen LogP contribution is -2.32. The van der Waals surface area contributed by atoms with Gasteiger partial charge in [0.1, 0.15) is 5.82 Å². The van der Waals surface area contributed by atoms with Crippen molar-refractivity contribution in [1.29, 1.82) is 0 Å². The van der Waals surface area contributed by atoms with Gasteiger partial charge in [-0.1, -0.05) is 30.8 Å². The number of rotatable bonds is 5. The van der Waals surface area contributed by atoms with Crippen LogP contribution in [0.2, 0.25) is 0 Å². The Morgan fingerprint density at radius 3 is 2.96 bits per heavy atom. The van der Waals surface area contributed by atoms with E-state index in [-0.39, 0.29) is 11.2 Å². The predicted octanol–water partition coefficient (Wildman–Crippen LogP) is 2.35. The van der Waals surface area contributed by atoms with Gasteiger partial charge < -0.3 is 4.90 Å². The Labute approximate surface area is 167 Å². The third-order valence-corrected chi connectivity index (χ3v) is 5.67. The summed E-state index contributed by atoms with van der Waals surface area (Å²) in [4.78, 5) is 23.7. The van der Waals surface area contributed by atoms with Crippen LogP contribution in [0.1, 0.15) is 36.5 Å². The molecule has 0 bridgehead atoms. The van der Waals surface area contributed by atoms with Crippen LogP contribution in [0.4, 0.5) is 0 Å². The summed E-state index contributed by atoms with van der Waals surface area (Å²) in [5.74, 6) is 0.854. The van der Waals surface area contributed by atoms with E-state index in [1.165, 1.54) is 11.8 Å². The first-order chi connectivity index (χ1) is 13.5. The van der Waals surface area contributed by atoms with Crippen molar-refractivity contribution < 1.29 is 4.79 Å². The largest absolute Gasteiger partial charge is 0.331 e. The summed E-state index contributed by atoms with van der Waals surface area (Å²) in [7, 11) is 0.